The number of likely N-dealkylation sites (tertiary alicyclic amines) is 1. The Labute approximate surface area is 104 Å². The van der Waals surface area contributed by atoms with Crippen molar-refractivity contribution in [1.29, 1.82) is 0 Å². The van der Waals surface area contributed by atoms with Gasteiger partial charge in [0.05, 0.1) is 0 Å². The van der Waals surface area contributed by atoms with E-state index >= 15 is 0 Å². The Balaban J connectivity index is 1.57. The van der Waals surface area contributed by atoms with Crippen LogP contribution >= 0.6 is 0 Å². The van der Waals surface area contributed by atoms with Gasteiger partial charge >= 0.3 is 0 Å². The van der Waals surface area contributed by atoms with Crippen LogP contribution in [0.3, 0.4) is 0 Å². The molecule has 1 atom stereocenters. The molecule has 2 aliphatic rings. The summed E-state index contributed by atoms with van der Waals surface area (Å²) in [6.07, 6.45) is 5.13. The van der Waals surface area contributed by atoms with Crippen molar-refractivity contribution in [3.63, 3.8) is 0 Å². The molecule has 1 aromatic rings. The zero-order valence-electron chi connectivity index (χ0n) is 10.4. The van der Waals surface area contributed by atoms with Gasteiger partial charge in [-0.3, -0.25) is 4.90 Å². The molecule has 3 rings (SSSR count). The molecule has 2 N–H and O–H groups in total. The average molecular weight is 230 g/mol. The second kappa shape index (κ2) is 4.43. The SMILES string of the molecule is NC1(C2CCN(Cc3ccccc3)C2)CCC1. The van der Waals surface area contributed by atoms with E-state index in [-0.39, 0.29) is 5.54 Å². The summed E-state index contributed by atoms with van der Waals surface area (Å²) in [5.74, 6) is 0.736. The molecule has 17 heavy (non-hydrogen) atoms. The van der Waals surface area contributed by atoms with Crippen LogP contribution in [0, 0.1) is 5.92 Å². The number of hydrogen-bond donors (Lipinski definition) is 1. The third kappa shape index (κ3) is 2.24. The van der Waals surface area contributed by atoms with Crippen molar-refractivity contribution in [3.05, 3.63) is 35.9 Å². The van der Waals surface area contributed by atoms with Crippen molar-refractivity contribution in [1.82, 2.24) is 4.90 Å². The Morgan fingerprint density at radius 2 is 2.00 bits per heavy atom. The molecule has 1 unspecified atom stereocenters. The predicted octanol–water partition coefficient (Wildman–Crippen LogP) is 2.39. The van der Waals surface area contributed by atoms with Gasteiger partial charge in [-0.15, -0.1) is 0 Å². The van der Waals surface area contributed by atoms with Gasteiger partial charge in [-0.05, 0) is 43.7 Å². The van der Waals surface area contributed by atoms with Gasteiger partial charge in [0.2, 0.25) is 0 Å². The van der Waals surface area contributed by atoms with Crippen molar-refractivity contribution < 1.29 is 0 Å². The van der Waals surface area contributed by atoms with Crippen LogP contribution in [0.1, 0.15) is 31.2 Å². The lowest BCUT2D eigenvalue weighted by Gasteiger charge is -2.43. The molecule has 2 nitrogen and oxygen atoms in total. The first-order chi connectivity index (χ1) is 8.26. The molecular weight excluding hydrogens is 208 g/mol. The van der Waals surface area contributed by atoms with Crippen molar-refractivity contribution in [2.24, 2.45) is 11.7 Å². The molecular formula is C15H22N2. The standard InChI is InChI=1S/C15H22N2/c16-15(8-4-9-15)14-7-10-17(12-14)11-13-5-2-1-3-6-13/h1-3,5-6,14H,4,7-12,16H2. The summed E-state index contributed by atoms with van der Waals surface area (Å²) >= 11 is 0. The number of nitrogens with zero attached hydrogens (tertiary/aromatic N) is 1. The molecule has 0 radical (unpaired) electrons. The van der Waals surface area contributed by atoms with Crippen LogP contribution in [0.2, 0.25) is 0 Å². The summed E-state index contributed by atoms with van der Waals surface area (Å²) in [7, 11) is 0. The predicted molar refractivity (Wildman–Crippen MR) is 70.6 cm³/mol. The quantitative estimate of drug-likeness (QED) is 0.864. The third-order valence-electron chi connectivity index (χ3n) is 4.62. The van der Waals surface area contributed by atoms with Gasteiger partial charge in [0.1, 0.15) is 0 Å². The Hall–Kier alpha value is -0.860. The van der Waals surface area contributed by atoms with E-state index in [1.165, 1.54) is 44.3 Å². The maximum Gasteiger partial charge on any atom is 0.0233 e. The summed E-state index contributed by atoms with van der Waals surface area (Å²) in [5.41, 5.74) is 8.05. The van der Waals surface area contributed by atoms with Gasteiger partial charge in [-0.1, -0.05) is 30.3 Å². The second-order valence-corrected chi connectivity index (χ2v) is 5.79. The molecule has 2 fully saturated rings. The van der Waals surface area contributed by atoms with Gasteiger partial charge in [-0.2, -0.15) is 0 Å². The largest absolute Gasteiger partial charge is 0.325 e. The van der Waals surface area contributed by atoms with Gasteiger partial charge in [0, 0.05) is 18.6 Å². The summed E-state index contributed by atoms with van der Waals surface area (Å²) < 4.78 is 0. The van der Waals surface area contributed by atoms with Crippen LogP contribution in [0.15, 0.2) is 30.3 Å². The first-order valence-corrected chi connectivity index (χ1v) is 6.81. The maximum absolute atomic E-state index is 6.44. The lowest BCUT2D eigenvalue weighted by atomic mass is 9.68. The van der Waals surface area contributed by atoms with E-state index < -0.39 is 0 Å². The van der Waals surface area contributed by atoms with Crippen LogP contribution in [0.25, 0.3) is 0 Å². The highest BCUT2D eigenvalue weighted by molar-refractivity contribution is 5.15. The van der Waals surface area contributed by atoms with E-state index in [2.05, 4.69) is 35.2 Å². The number of benzene rings is 1. The molecule has 1 saturated carbocycles. The maximum atomic E-state index is 6.44. The number of rotatable bonds is 3. The van der Waals surface area contributed by atoms with Gasteiger partial charge in [-0.25, -0.2) is 0 Å². The minimum absolute atomic E-state index is 0.186. The topological polar surface area (TPSA) is 29.3 Å². The molecule has 2 heteroatoms. The minimum Gasteiger partial charge on any atom is -0.325 e. The fraction of sp³-hybridized carbons (Fsp3) is 0.600. The zero-order chi connectivity index (χ0) is 11.7. The Morgan fingerprint density at radius 3 is 2.65 bits per heavy atom. The monoisotopic (exact) mass is 230 g/mol. The lowest BCUT2D eigenvalue weighted by Crippen LogP contribution is -2.53. The summed E-state index contributed by atoms with van der Waals surface area (Å²) in [5, 5.41) is 0. The highest BCUT2D eigenvalue weighted by Crippen LogP contribution is 2.40. The van der Waals surface area contributed by atoms with Crippen molar-refractivity contribution in [3.8, 4) is 0 Å². The molecule has 1 heterocycles. The lowest BCUT2D eigenvalue weighted by molar-refractivity contribution is 0.151. The molecule has 92 valence electrons. The molecule has 0 spiro atoms. The van der Waals surface area contributed by atoms with E-state index in [0.29, 0.717) is 0 Å². The molecule has 0 aromatic heterocycles. The fourth-order valence-electron chi connectivity index (χ4n) is 3.28. The van der Waals surface area contributed by atoms with E-state index in [1.54, 1.807) is 0 Å². The van der Waals surface area contributed by atoms with Crippen molar-refractivity contribution >= 4 is 0 Å². The van der Waals surface area contributed by atoms with Crippen molar-refractivity contribution in [2.75, 3.05) is 13.1 Å². The van der Waals surface area contributed by atoms with E-state index in [4.69, 9.17) is 5.73 Å². The van der Waals surface area contributed by atoms with E-state index in [9.17, 15) is 0 Å². The van der Waals surface area contributed by atoms with Gasteiger partial charge in [0.15, 0.2) is 0 Å². The molecule has 0 bridgehead atoms. The average Bonchev–Trinajstić information content (AvgIpc) is 2.76. The van der Waals surface area contributed by atoms with Crippen molar-refractivity contribution in [2.45, 2.75) is 37.8 Å². The second-order valence-electron chi connectivity index (χ2n) is 5.79. The molecule has 1 aliphatic carbocycles. The van der Waals surface area contributed by atoms with Crippen LogP contribution in [0.5, 0.6) is 0 Å². The Bertz CT molecular complexity index is 370. The molecule has 1 aromatic carbocycles. The smallest absolute Gasteiger partial charge is 0.0233 e. The third-order valence-corrected chi connectivity index (χ3v) is 4.62. The van der Waals surface area contributed by atoms with Crippen LogP contribution < -0.4 is 5.73 Å². The van der Waals surface area contributed by atoms with Crippen LogP contribution in [-0.4, -0.2) is 23.5 Å². The van der Waals surface area contributed by atoms with Crippen LogP contribution in [-0.2, 0) is 6.54 Å². The van der Waals surface area contributed by atoms with E-state index in [0.717, 1.165) is 12.5 Å². The summed E-state index contributed by atoms with van der Waals surface area (Å²) in [6.45, 7) is 3.51. The molecule has 1 saturated heterocycles. The highest BCUT2D eigenvalue weighted by atomic mass is 15.2. The molecule has 0 amide bonds. The fourth-order valence-corrected chi connectivity index (χ4v) is 3.28. The summed E-state index contributed by atoms with van der Waals surface area (Å²) in [6, 6.07) is 10.8. The highest BCUT2D eigenvalue weighted by Gasteiger charge is 2.43. The zero-order valence-corrected chi connectivity index (χ0v) is 10.4. The molecule has 1 aliphatic heterocycles. The normalized spacial score (nSPS) is 27.9. The van der Waals surface area contributed by atoms with Gasteiger partial charge in [0.25, 0.3) is 0 Å². The Morgan fingerprint density at radius 1 is 1.24 bits per heavy atom. The van der Waals surface area contributed by atoms with Gasteiger partial charge < -0.3 is 5.73 Å². The Kier molecular flexibility index (Phi) is 2.93. The minimum atomic E-state index is 0.186. The number of hydrogen-bond acceptors (Lipinski definition) is 2. The first-order valence-electron chi connectivity index (χ1n) is 6.81. The van der Waals surface area contributed by atoms with E-state index in [1.807, 2.05) is 0 Å². The first kappa shape index (κ1) is 11.2. The van der Waals surface area contributed by atoms with Crippen LogP contribution in [0.4, 0.5) is 0 Å². The summed E-state index contributed by atoms with van der Waals surface area (Å²) in [4.78, 5) is 2.56. The number of nitrogens with two attached hydrogens (primary N) is 1.